The number of benzene rings is 2. The van der Waals surface area contributed by atoms with Gasteiger partial charge in [0.05, 0.1) is 16.2 Å². The second kappa shape index (κ2) is 10.7. The van der Waals surface area contributed by atoms with Crippen molar-refractivity contribution in [3.05, 3.63) is 52.9 Å². The summed E-state index contributed by atoms with van der Waals surface area (Å²) in [4.78, 5) is 20.7. The number of phenols is 1. The molecule has 0 aliphatic carbocycles. The van der Waals surface area contributed by atoms with E-state index in [1.165, 1.54) is 6.07 Å². The quantitative estimate of drug-likeness (QED) is 0.466. The Morgan fingerprint density at radius 1 is 1.24 bits per heavy atom. The lowest BCUT2D eigenvalue weighted by molar-refractivity contribution is -0.107. The molecule has 34 heavy (non-hydrogen) atoms. The maximum absolute atomic E-state index is 14.2. The Bertz CT molecular complexity index is 1160. The Morgan fingerprint density at radius 3 is 2.74 bits per heavy atom. The third kappa shape index (κ3) is 5.17. The molecular formula is C26H30ClFN4O2. The lowest BCUT2D eigenvalue weighted by Gasteiger charge is -2.38. The third-order valence-electron chi connectivity index (χ3n) is 6.36. The molecule has 0 amide bonds. The van der Waals surface area contributed by atoms with Gasteiger partial charge in [-0.05, 0) is 68.9 Å². The summed E-state index contributed by atoms with van der Waals surface area (Å²) in [5, 5.41) is 14.1. The lowest BCUT2D eigenvalue weighted by Crippen LogP contribution is -2.48. The fraction of sp³-hybridized carbons (Fsp3) is 0.385. The molecule has 6 nitrogen and oxygen atoms in total. The Hall–Kier alpha value is -2.74. The molecule has 180 valence electrons. The number of rotatable bonds is 8. The molecule has 1 aromatic heterocycles. The normalized spacial score (nSPS) is 16.2. The maximum atomic E-state index is 14.2. The summed E-state index contributed by atoms with van der Waals surface area (Å²) < 4.78 is 14.2. The van der Waals surface area contributed by atoms with E-state index in [2.05, 4.69) is 34.2 Å². The molecular weight excluding hydrogens is 455 g/mol. The predicted octanol–water partition coefficient (Wildman–Crippen LogP) is 4.26. The van der Waals surface area contributed by atoms with Gasteiger partial charge in [-0.1, -0.05) is 17.7 Å². The standard InChI is InChI=1S/C26H30ClFN4O2/c1-31(2)9-10-32(20-4-3-8-29-16-20)25-18(7-11-33)15-30-24-6-5-17(12-21(24)25)19-13-22(27)26(34)23(28)14-19/h5-6,11-15,20,29,34H,3-4,7-10,16H2,1-2H3. The molecule has 2 N–H and O–H groups in total. The topological polar surface area (TPSA) is 68.7 Å². The first-order chi connectivity index (χ1) is 16.4. The van der Waals surface area contributed by atoms with Crippen molar-refractivity contribution >= 4 is 34.5 Å². The van der Waals surface area contributed by atoms with E-state index >= 15 is 0 Å². The number of carbonyl (C=O) groups excluding carboxylic acids is 1. The van der Waals surface area contributed by atoms with Crippen LogP contribution in [-0.2, 0) is 11.2 Å². The molecule has 1 fully saturated rings. The minimum absolute atomic E-state index is 0.0379. The number of hydrogen-bond donors (Lipinski definition) is 2. The summed E-state index contributed by atoms with van der Waals surface area (Å²) in [5.41, 5.74) is 4.00. The van der Waals surface area contributed by atoms with Crippen LogP contribution in [-0.4, -0.2) is 67.6 Å². The van der Waals surface area contributed by atoms with Gasteiger partial charge in [-0.2, -0.15) is 0 Å². The van der Waals surface area contributed by atoms with Crippen LogP contribution in [0.4, 0.5) is 10.1 Å². The van der Waals surface area contributed by atoms with Crippen LogP contribution in [0.25, 0.3) is 22.0 Å². The largest absolute Gasteiger partial charge is 0.504 e. The summed E-state index contributed by atoms with van der Waals surface area (Å²) in [7, 11) is 4.10. The molecule has 0 radical (unpaired) electrons. The van der Waals surface area contributed by atoms with Gasteiger partial charge in [-0.25, -0.2) is 4.39 Å². The van der Waals surface area contributed by atoms with Crippen molar-refractivity contribution in [3.8, 4) is 16.9 Å². The Kier molecular flexibility index (Phi) is 7.66. The smallest absolute Gasteiger partial charge is 0.170 e. The highest BCUT2D eigenvalue weighted by atomic mass is 35.5. The van der Waals surface area contributed by atoms with Crippen molar-refractivity contribution in [1.29, 1.82) is 0 Å². The zero-order chi connectivity index (χ0) is 24.2. The molecule has 1 atom stereocenters. The van der Waals surface area contributed by atoms with E-state index in [9.17, 15) is 14.3 Å². The third-order valence-corrected chi connectivity index (χ3v) is 6.64. The number of likely N-dealkylation sites (N-methyl/N-ethyl adjacent to an activating group) is 1. The van der Waals surface area contributed by atoms with E-state index in [4.69, 9.17) is 11.6 Å². The zero-order valence-electron chi connectivity index (χ0n) is 19.5. The number of fused-ring (bicyclic) bond motifs is 1. The number of anilines is 1. The van der Waals surface area contributed by atoms with E-state index in [1.54, 1.807) is 12.3 Å². The molecule has 1 aliphatic rings. The predicted molar refractivity (Wildman–Crippen MR) is 135 cm³/mol. The number of halogens is 2. The van der Waals surface area contributed by atoms with Crippen LogP contribution in [0.1, 0.15) is 18.4 Å². The molecule has 8 heteroatoms. The Labute approximate surface area is 204 Å². The molecule has 4 rings (SSSR count). The van der Waals surface area contributed by atoms with Gasteiger partial charge < -0.3 is 25.0 Å². The number of carbonyl (C=O) groups is 1. The van der Waals surface area contributed by atoms with Crippen molar-refractivity contribution in [2.75, 3.05) is 45.2 Å². The summed E-state index contributed by atoms with van der Waals surface area (Å²) in [6, 6.07) is 8.87. The monoisotopic (exact) mass is 484 g/mol. The molecule has 2 aromatic carbocycles. The number of aromatic nitrogens is 1. The van der Waals surface area contributed by atoms with Crippen LogP contribution in [0.5, 0.6) is 5.75 Å². The van der Waals surface area contributed by atoms with Crippen molar-refractivity contribution in [3.63, 3.8) is 0 Å². The molecule has 0 saturated carbocycles. The molecule has 0 spiro atoms. The van der Waals surface area contributed by atoms with Crippen LogP contribution in [0, 0.1) is 5.82 Å². The highest BCUT2D eigenvalue weighted by Gasteiger charge is 2.25. The molecule has 1 aliphatic heterocycles. The van der Waals surface area contributed by atoms with Crippen LogP contribution in [0.15, 0.2) is 36.5 Å². The van der Waals surface area contributed by atoms with Gasteiger partial charge >= 0.3 is 0 Å². The number of nitrogens with zero attached hydrogens (tertiary/aromatic N) is 3. The number of hydrogen-bond acceptors (Lipinski definition) is 6. The van der Waals surface area contributed by atoms with Gasteiger partial charge in [0.1, 0.15) is 6.29 Å². The second-order valence-electron chi connectivity index (χ2n) is 9.02. The molecule has 1 unspecified atom stereocenters. The van der Waals surface area contributed by atoms with Crippen LogP contribution in [0.3, 0.4) is 0 Å². The molecule has 2 heterocycles. The van der Waals surface area contributed by atoms with Gasteiger partial charge in [-0.15, -0.1) is 0 Å². The average molecular weight is 485 g/mol. The number of nitrogens with one attached hydrogen (secondary N) is 1. The summed E-state index contributed by atoms with van der Waals surface area (Å²) >= 11 is 6.05. The minimum atomic E-state index is -0.767. The zero-order valence-corrected chi connectivity index (χ0v) is 20.3. The summed E-state index contributed by atoms with van der Waals surface area (Å²) in [6.07, 6.45) is 5.12. The fourth-order valence-electron chi connectivity index (χ4n) is 4.59. The number of aromatic hydroxyl groups is 1. The first-order valence-electron chi connectivity index (χ1n) is 11.5. The van der Waals surface area contributed by atoms with Crippen LogP contribution in [0.2, 0.25) is 5.02 Å². The average Bonchev–Trinajstić information content (AvgIpc) is 2.83. The van der Waals surface area contributed by atoms with E-state index in [0.29, 0.717) is 5.56 Å². The minimum Gasteiger partial charge on any atom is -0.504 e. The van der Waals surface area contributed by atoms with E-state index in [-0.39, 0.29) is 17.5 Å². The number of piperidine rings is 1. The highest BCUT2D eigenvalue weighted by molar-refractivity contribution is 6.32. The van der Waals surface area contributed by atoms with Crippen LogP contribution < -0.4 is 10.2 Å². The highest BCUT2D eigenvalue weighted by Crippen LogP contribution is 2.37. The second-order valence-corrected chi connectivity index (χ2v) is 9.43. The van der Waals surface area contributed by atoms with Gasteiger partial charge in [0.2, 0.25) is 0 Å². The first-order valence-corrected chi connectivity index (χ1v) is 11.9. The van der Waals surface area contributed by atoms with Gasteiger partial charge in [0.15, 0.2) is 11.6 Å². The van der Waals surface area contributed by atoms with Gasteiger partial charge in [-0.3, -0.25) is 4.98 Å². The number of pyridine rings is 1. The number of phenolic OH excluding ortho intramolecular Hbond substituents is 1. The summed E-state index contributed by atoms with van der Waals surface area (Å²) in [6.45, 7) is 3.54. The fourth-order valence-corrected chi connectivity index (χ4v) is 4.80. The van der Waals surface area contributed by atoms with E-state index < -0.39 is 11.6 Å². The molecule has 0 bridgehead atoms. The maximum Gasteiger partial charge on any atom is 0.170 e. The van der Waals surface area contributed by atoms with Crippen molar-refractivity contribution < 1.29 is 14.3 Å². The van der Waals surface area contributed by atoms with Crippen molar-refractivity contribution in [2.24, 2.45) is 0 Å². The summed E-state index contributed by atoms with van der Waals surface area (Å²) in [5.74, 6) is -1.32. The van der Waals surface area contributed by atoms with Gasteiger partial charge in [0, 0.05) is 49.2 Å². The molecule has 3 aromatic rings. The van der Waals surface area contributed by atoms with E-state index in [1.807, 2.05) is 18.2 Å². The Balaban J connectivity index is 1.90. The lowest BCUT2D eigenvalue weighted by atomic mass is 9.97. The SMILES string of the molecule is CN(C)CCN(c1c(CC=O)cnc2ccc(-c3cc(F)c(O)c(Cl)c3)cc12)C1CCCNC1. The molecule has 1 saturated heterocycles. The van der Waals surface area contributed by atoms with Crippen molar-refractivity contribution in [2.45, 2.75) is 25.3 Å². The number of aldehydes is 1. The van der Waals surface area contributed by atoms with Crippen LogP contribution >= 0.6 is 11.6 Å². The van der Waals surface area contributed by atoms with E-state index in [0.717, 1.165) is 73.0 Å². The van der Waals surface area contributed by atoms with Crippen molar-refractivity contribution in [1.82, 2.24) is 15.2 Å². The first kappa shape index (κ1) is 24.4. The Morgan fingerprint density at radius 2 is 2.06 bits per heavy atom. The van der Waals surface area contributed by atoms with Gasteiger partial charge in [0.25, 0.3) is 0 Å².